The van der Waals surface area contributed by atoms with Crippen LogP contribution in [0.2, 0.25) is 0 Å². The number of aryl methyl sites for hydroxylation is 2. The first-order valence-electron chi connectivity index (χ1n) is 4.23. The fourth-order valence-electron chi connectivity index (χ4n) is 0.990. The molecule has 0 aliphatic carbocycles. The summed E-state index contributed by atoms with van der Waals surface area (Å²) in [7, 11) is 1.98. The molecule has 0 radical (unpaired) electrons. The molecular weight excluding hydrogens is 168 g/mol. The highest BCUT2D eigenvalue weighted by Crippen LogP contribution is 2.17. The summed E-state index contributed by atoms with van der Waals surface area (Å²) in [6.45, 7) is 6.37. The molecule has 0 fully saturated rings. The van der Waals surface area contributed by atoms with E-state index in [0.29, 0.717) is 6.04 Å². The van der Waals surface area contributed by atoms with Crippen molar-refractivity contribution in [1.29, 1.82) is 0 Å². The van der Waals surface area contributed by atoms with Crippen LogP contribution in [-0.4, -0.2) is 18.1 Å². The lowest BCUT2D eigenvalue weighted by Gasteiger charge is -2.05. The number of hydrogen-bond acceptors (Lipinski definition) is 3. The van der Waals surface area contributed by atoms with Crippen molar-refractivity contribution in [2.24, 2.45) is 0 Å². The summed E-state index contributed by atoms with van der Waals surface area (Å²) >= 11 is 1.81. The van der Waals surface area contributed by atoms with Gasteiger partial charge >= 0.3 is 0 Å². The zero-order valence-electron chi connectivity index (χ0n) is 8.14. The lowest BCUT2D eigenvalue weighted by Crippen LogP contribution is -2.23. The third-order valence-corrected chi connectivity index (χ3v) is 3.14. The fourth-order valence-corrected chi connectivity index (χ4v) is 2.05. The quantitative estimate of drug-likeness (QED) is 0.776. The summed E-state index contributed by atoms with van der Waals surface area (Å²) in [4.78, 5) is 5.82. The third-order valence-electron chi connectivity index (χ3n) is 2.05. The van der Waals surface area contributed by atoms with E-state index in [2.05, 4.69) is 31.1 Å². The molecule has 1 rings (SSSR count). The van der Waals surface area contributed by atoms with Crippen molar-refractivity contribution in [2.45, 2.75) is 33.2 Å². The molecule has 3 heteroatoms. The van der Waals surface area contributed by atoms with E-state index in [-0.39, 0.29) is 0 Å². The Labute approximate surface area is 78.0 Å². The Morgan fingerprint density at radius 3 is 2.58 bits per heavy atom. The van der Waals surface area contributed by atoms with Crippen molar-refractivity contribution < 1.29 is 0 Å². The minimum atomic E-state index is 0.523. The van der Waals surface area contributed by atoms with Crippen molar-refractivity contribution in [3.05, 3.63) is 15.6 Å². The molecule has 1 unspecified atom stereocenters. The number of nitrogens with one attached hydrogen (secondary N) is 1. The van der Waals surface area contributed by atoms with Crippen LogP contribution in [0, 0.1) is 13.8 Å². The van der Waals surface area contributed by atoms with Gasteiger partial charge in [0.25, 0.3) is 0 Å². The van der Waals surface area contributed by atoms with E-state index in [0.717, 1.165) is 6.42 Å². The Kier molecular flexibility index (Phi) is 3.23. The highest BCUT2D eigenvalue weighted by Gasteiger charge is 2.06. The molecule has 1 N–H and O–H groups in total. The Morgan fingerprint density at radius 2 is 2.17 bits per heavy atom. The molecule has 1 heterocycles. The number of likely N-dealkylation sites (N-methyl/N-ethyl adjacent to an activating group) is 1. The van der Waals surface area contributed by atoms with E-state index in [1.165, 1.54) is 15.6 Å². The molecule has 0 aliphatic rings. The summed E-state index contributed by atoms with van der Waals surface area (Å²) in [6, 6.07) is 0.523. The van der Waals surface area contributed by atoms with Crippen LogP contribution in [0.4, 0.5) is 0 Å². The smallest absolute Gasteiger partial charge is 0.0946 e. The molecule has 2 nitrogen and oxygen atoms in total. The number of hydrogen-bond donors (Lipinski definition) is 1. The molecule has 0 aliphatic heterocycles. The molecule has 0 spiro atoms. The average Bonchev–Trinajstić information content (AvgIpc) is 2.31. The van der Waals surface area contributed by atoms with Gasteiger partial charge in [-0.1, -0.05) is 0 Å². The second-order valence-corrected chi connectivity index (χ2v) is 4.43. The van der Waals surface area contributed by atoms with Crippen molar-refractivity contribution in [1.82, 2.24) is 10.3 Å². The minimum Gasteiger partial charge on any atom is -0.317 e. The first kappa shape index (κ1) is 9.68. The van der Waals surface area contributed by atoms with Crippen LogP contribution < -0.4 is 5.32 Å². The lowest BCUT2D eigenvalue weighted by atomic mass is 10.2. The molecule has 68 valence electrons. The van der Waals surface area contributed by atoms with Gasteiger partial charge < -0.3 is 5.32 Å². The first-order chi connectivity index (χ1) is 5.63. The number of rotatable bonds is 3. The van der Waals surface area contributed by atoms with Crippen LogP contribution in [0.15, 0.2) is 0 Å². The maximum absolute atomic E-state index is 4.48. The van der Waals surface area contributed by atoms with Gasteiger partial charge in [0.1, 0.15) is 0 Å². The van der Waals surface area contributed by atoms with E-state index >= 15 is 0 Å². The molecule has 12 heavy (non-hydrogen) atoms. The Bertz CT molecular complexity index is 236. The van der Waals surface area contributed by atoms with Gasteiger partial charge in [-0.15, -0.1) is 11.3 Å². The molecule has 0 saturated carbocycles. The Hall–Kier alpha value is -0.410. The van der Waals surface area contributed by atoms with E-state index in [1.54, 1.807) is 11.3 Å². The van der Waals surface area contributed by atoms with E-state index < -0.39 is 0 Å². The summed E-state index contributed by atoms with van der Waals surface area (Å²) < 4.78 is 0. The van der Waals surface area contributed by atoms with Crippen LogP contribution in [-0.2, 0) is 6.42 Å². The predicted octanol–water partition coefficient (Wildman–Crippen LogP) is 1.91. The van der Waals surface area contributed by atoms with Crippen molar-refractivity contribution in [2.75, 3.05) is 7.05 Å². The maximum atomic E-state index is 4.48. The number of thiazole rings is 1. The van der Waals surface area contributed by atoms with Crippen LogP contribution in [0.1, 0.15) is 22.5 Å². The molecule has 1 aromatic heterocycles. The normalized spacial score (nSPS) is 13.3. The van der Waals surface area contributed by atoms with Gasteiger partial charge in [0.05, 0.1) is 10.7 Å². The van der Waals surface area contributed by atoms with Crippen molar-refractivity contribution >= 4 is 11.3 Å². The van der Waals surface area contributed by atoms with Gasteiger partial charge in [-0.3, -0.25) is 0 Å². The molecule has 0 saturated heterocycles. The third kappa shape index (κ3) is 2.29. The first-order valence-corrected chi connectivity index (χ1v) is 5.05. The molecule has 0 amide bonds. The zero-order valence-corrected chi connectivity index (χ0v) is 8.96. The van der Waals surface area contributed by atoms with Gasteiger partial charge in [-0.25, -0.2) is 4.98 Å². The number of nitrogens with zero attached hydrogens (tertiary/aromatic N) is 1. The van der Waals surface area contributed by atoms with E-state index in [4.69, 9.17) is 0 Å². The molecule has 1 atom stereocenters. The Morgan fingerprint density at radius 1 is 1.50 bits per heavy atom. The summed E-state index contributed by atoms with van der Waals surface area (Å²) in [5.41, 5.74) is 1.18. The molecular formula is C9H16N2S. The van der Waals surface area contributed by atoms with Gasteiger partial charge in [0.2, 0.25) is 0 Å². The summed E-state index contributed by atoms with van der Waals surface area (Å²) in [5, 5.41) is 4.45. The SMILES string of the molecule is CNC(C)Cc1nc(C)c(C)s1. The highest BCUT2D eigenvalue weighted by atomic mass is 32.1. The van der Waals surface area contributed by atoms with Crippen LogP contribution >= 0.6 is 11.3 Å². The van der Waals surface area contributed by atoms with Crippen LogP contribution in [0.3, 0.4) is 0 Å². The van der Waals surface area contributed by atoms with Crippen molar-refractivity contribution in [3.63, 3.8) is 0 Å². The highest BCUT2D eigenvalue weighted by molar-refractivity contribution is 7.11. The average molecular weight is 184 g/mol. The van der Waals surface area contributed by atoms with Crippen LogP contribution in [0.25, 0.3) is 0 Å². The fraction of sp³-hybridized carbons (Fsp3) is 0.667. The summed E-state index contributed by atoms with van der Waals surface area (Å²) in [5.74, 6) is 0. The van der Waals surface area contributed by atoms with Gasteiger partial charge in [0, 0.05) is 17.3 Å². The predicted molar refractivity (Wildman–Crippen MR) is 53.8 cm³/mol. The van der Waals surface area contributed by atoms with Gasteiger partial charge in [-0.05, 0) is 27.8 Å². The van der Waals surface area contributed by atoms with E-state index in [9.17, 15) is 0 Å². The van der Waals surface area contributed by atoms with Gasteiger partial charge in [0.15, 0.2) is 0 Å². The summed E-state index contributed by atoms with van der Waals surface area (Å²) in [6.07, 6.45) is 1.04. The monoisotopic (exact) mass is 184 g/mol. The molecule has 1 aromatic rings. The molecule has 0 bridgehead atoms. The largest absolute Gasteiger partial charge is 0.317 e. The second kappa shape index (κ2) is 4.01. The number of aromatic nitrogens is 1. The van der Waals surface area contributed by atoms with Crippen molar-refractivity contribution in [3.8, 4) is 0 Å². The second-order valence-electron chi connectivity index (χ2n) is 3.14. The van der Waals surface area contributed by atoms with E-state index in [1.807, 2.05) is 7.05 Å². The van der Waals surface area contributed by atoms with Gasteiger partial charge in [-0.2, -0.15) is 0 Å². The Balaban J connectivity index is 2.64. The van der Waals surface area contributed by atoms with Crippen LogP contribution in [0.5, 0.6) is 0 Å². The zero-order chi connectivity index (χ0) is 9.14. The minimum absolute atomic E-state index is 0.523. The lowest BCUT2D eigenvalue weighted by molar-refractivity contribution is 0.606. The maximum Gasteiger partial charge on any atom is 0.0946 e. The molecule has 0 aromatic carbocycles. The standard InChI is InChI=1S/C9H16N2S/c1-6(10-4)5-9-11-7(2)8(3)12-9/h6,10H,5H2,1-4H3. The topological polar surface area (TPSA) is 24.9 Å².